The molecule has 3 heteroatoms. The van der Waals surface area contributed by atoms with Crippen LogP contribution in [0.2, 0.25) is 0 Å². The van der Waals surface area contributed by atoms with E-state index < -0.39 is 6.10 Å². The molecule has 0 saturated heterocycles. The summed E-state index contributed by atoms with van der Waals surface area (Å²) in [6.07, 6.45) is 9.49. The number of aliphatic hydroxyl groups excluding tert-OH is 2. The van der Waals surface area contributed by atoms with Gasteiger partial charge >= 0.3 is 0 Å². The highest BCUT2D eigenvalue weighted by molar-refractivity contribution is 5.13. The maximum absolute atomic E-state index is 8.99. The molecule has 0 aromatic rings. The Morgan fingerprint density at radius 1 is 1.26 bits per heavy atom. The summed E-state index contributed by atoms with van der Waals surface area (Å²) in [6.45, 7) is 4.36. The maximum Gasteiger partial charge on any atom is 0.115 e. The summed E-state index contributed by atoms with van der Waals surface area (Å²) in [6, 6.07) is 0. The van der Waals surface area contributed by atoms with Crippen molar-refractivity contribution in [2.75, 3.05) is 13.2 Å². The second kappa shape index (κ2) is 13.5. The van der Waals surface area contributed by atoms with Crippen molar-refractivity contribution in [1.29, 1.82) is 0 Å². The van der Waals surface area contributed by atoms with Gasteiger partial charge in [0.15, 0.2) is 0 Å². The van der Waals surface area contributed by atoms with Crippen molar-refractivity contribution >= 4 is 0 Å². The van der Waals surface area contributed by atoms with Crippen LogP contribution >= 0.6 is 0 Å². The van der Waals surface area contributed by atoms with Crippen LogP contribution in [0.5, 0.6) is 0 Å². The van der Waals surface area contributed by atoms with E-state index in [1.165, 1.54) is 31.9 Å². The lowest BCUT2D eigenvalue weighted by molar-refractivity contribution is 0.0385. The number of hydrogen-bond acceptors (Lipinski definition) is 3. The first kappa shape index (κ1) is 18.0. The highest BCUT2D eigenvalue weighted by atomic mass is 16.5. The Kier molecular flexibility index (Phi) is 12.8. The van der Waals surface area contributed by atoms with E-state index in [0.717, 1.165) is 18.8 Å². The van der Waals surface area contributed by atoms with Crippen LogP contribution in [0, 0.1) is 17.8 Å². The fourth-order valence-corrected chi connectivity index (χ4v) is 1.52. The van der Waals surface area contributed by atoms with Gasteiger partial charge in [-0.3, -0.25) is 0 Å². The van der Waals surface area contributed by atoms with E-state index in [2.05, 4.69) is 25.7 Å². The van der Waals surface area contributed by atoms with Crippen molar-refractivity contribution in [1.82, 2.24) is 0 Å². The topological polar surface area (TPSA) is 49.7 Å². The van der Waals surface area contributed by atoms with Crippen LogP contribution in [0.25, 0.3) is 0 Å². The largest absolute Gasteiger partial charge is 0.498 e. The molecular formula is C16H28O3. The highest BCUT2D eigenvalue weighted by Crippen LogP contribution is 2.12. The fourth-order valence-electron chi connectivity index (χ4n) is 1.52. The molecule has 0 aromatic heterocycles. The second-order valence-corrected chi connectivity index (χ2v) is 4.91. The van der Waals surface area contributed by atoms with Gasteiger partial charge in [-0.25, -0.2) is 0 Å². The van der Waals surface area contributed by atoms with Crippen LogP contribution in [0.4, 0.5) is 0 Å². The Hall–Kier alpha value is -0.980. The lowest BCUT2D eigenvalue weighted by Crippen LogP contribution is -2.17. The van der Waals surface area contributed by atoms with Crippen molar-refractivity contribution < 1.29 is 14.9 Å². The first-order valence-electron chi connectivity index (χ1n) is 7.24. The number of allylic oxidation sites excluding steroid dienone is 1. The minimum Gasteiger partial charge on any atom is -0.498 e. The molecule has 0 rings (SSSR count). The molecule has 0 aliphatic rings. The maximum atomic E-state index is 8.99. The zero-order chi connectivity index (χ0) is 14.3. The van der Waals surface area contributed by atoms with Crippen molar-refractivity contribution in [3.05, 3.63) is 12.3 Å². The van der Waals surface area contributed by atoms with Gasteiger partial charge in [0, 0.05) is 12.5 Å². The van der Waals surface area contributed by atoms with E-state index in [0.29, 0.717) is 0 Å². The monoisotopic (exact) mass is 268 g/mol. The van der Waals surface area contributed by atoms with Gasteiger partial charge in [0.1, 0.15) is 12.7 Å². The smallest absolute Gasteiger partial charge is 0.115 e. The standard InChI is InChI=1S/C16H28O3/c1-3-15(2)11-9-7-5-4-6-8-10-12-19-14-16(18)13-17/h10,12,15-18H,3-5,7,9,11,13-14H2,1-2H3/b12-10-/t15?,16-/m0/s1. The summed E-state index contributed by atoms with van der Waals surface area (Å²) in [5, 5.41) is 17.5. The summed E-state index contributed by atoms with van der Waals surface area (Å²) in [7, 11) is 0. The number of aliphatic hydroxyl groups is 2. The Bertz CT molecular complexity index is 275. The molecular weight excluding hydrogens is 240 g/mol. The Morgan fingerprint density at radius 2 is 2.05 bits per heavy atom. The molecule has 0 bridgehead atoms. The number of hydrogen-bond donors (Lipinski definition) is 2. The molecule has 0 aliphatic carbocycles. The van der Waals surface area contributed by atoms with Crippen LogP contribution in [0.3, 0.4) is 0 Å². The van der Waals surface area contributed by atoms with E-state index in [1.54, 1.807) is 6.08 Å². The average molecular weight is 268 g/mol. The van der Waals surface area contributed by atoms with Crippen molar-refractivity contribution in [3.8, 4) is 11.8 Å². The van der Waals surface area contributed by atoms with Gasteiger partial charge in [-0.15, -0.1) is 0 Å². The number of unbranched alkanes of at least 4 members (excludes halogenated alkanes) is 3. The number of ether oxygens (including phenoxy) is 1. The molecule has 0 fully saturated rings. The lowest BCUT2D eigenvalue weighted by atomic mass is 10.0. The van der Waals surface area contributed by atoms with Crippen LogP contribution in [-0.4, -0.2) is 29.5 Å². The van der Waals surface area contributed by atoms with E-state index in [9.17, 15) is 0 Å². The molecule has 0 aliphatic heterocycles. The molecule has 3 nitrogen and oxygen atoms in total. The number of rotatable bonds is 10. The minimum atomic E-state index is -0.817. The van der Waals surface area contributed by atoms with Crippen molar-refractivity contribution in [2.24, 2.45) is 5.92 Å². The lowest BCUT2D eigenvalue weighted by Gasteiger charge is -2.06. The van der Waals surface area contributed by atoms with E-state index in [1.807, 2.05) is 0 Å². The molecule has 1 unspecified atom stereocenters. The van der Waals surface area contributed by atoms with Gasteiger partial charge < -0.3 is 14.9 Å². The normalized spacial score (nSPS) is 13.9. The van der Waals surface area contributed by atoms with Crippen molar-refractivity contribution in [3.63, 3.8) is 0 Å². The minimum absolute atomic E-state index is 0.101. The predicted octanol–water partition coefficient (Wildman–Crippen LogP) is 2.87. The Balaban J connectivity index is 3.37. The van der Waals surface area contributed by atoms with Crippen LogP contribution in [0.15, 0.2) is 12.3 Å². The van der Waals surface area contributed by atoms with Gasteiger partial charge in [-0.2, -0.15) is 0 Å². The molecule has 0 spiro atoms. The third-order valence-electron chi connectivity index (χ3n) is 3.04. The zero-order valence-electron chi connectivity index (χ0n) is 12.3. The molecule has 0 aromatic carbocycles. The summed E-state index contributed by atoms with van der Waals surface area (Å²) in [5.41, 5.74) is 0. The summed E-state index contributed by atoms with van der Waals surface area (Å²) < 4.78 is 4.98. The average Bonchev–Trinajstić information content (AvgIpc) is 2.43. The predicted molar refractivity (Wildman–Crippen MR) is 78.5 cm³/mol. The Labute approximate surface area is 117 Å². The van der Waals surface area contributed by atoms with Gasteiger partial charge in [-0.05, 0) is 12.3 Å². The molecule has 110 valence electrons. The van der Waals surface area contributed by atoms with Gasteiger partial charge in [0.2, 0.25) is 0 Å². The quantitative estimate of drug-likeness (QED) is 0.364. The second-order valence-electron chi connectivity index (χ2n) is 4.91. The van der Waals surface area contributed by atoms with Crippen LogP contribution in [0.1, 0.15) is 52.4 Å². The first-order valence-corrected chi connectivity index (χ1v) is 7.24. The highest BCUT2D eigenvalue weighted by Gasteiger charge is 1.98. The molecule has 0 amide bonds. The van der Waals surface area contributed by atoms with Crippen LogP contribution < -0.4 is 0 Å². The molecule has 0 heterocycles. The molecule has 2 N–H and O–H groups in total. The van der Waals surface area contributed by atoms with Gasteiger partial charge in [0.05, 0.1) is 12.9 Å². The molecule has 0 radical (unpaired) electrons. The van der Waals surface area contributed by atoms with Crippen molar-refractivity contribution in [2.45, 2.75) is 58.5 Å². The van der Waals surface area contributed by atoms with Crippen LogP contribution in [-0.2, 0) is 4.74 Å². The SMILES string of the molecule is CCC(C)CCCCCC#C/C=C\OC[C@@H](O)CO. The summed E-state index contributed by atoms with van der Waals surface area (Å²) >= 11 is 0. The van der Waals surface area contributed by atoms with Gasteiger partial charge in [-0.1, -0.05) is 51.4 Å². The molecule has 0 saturated carbocycles. The van der Waals surface area contributed by atoms with E-state index in [-0.39, 0.29) is 13.2 Å². The first-order chi connectivity index (χ1) is 9.20. The molecule has 19 heavy (non-hydrogen) atoms. The van der Waals surface area contributed by atoms with E-state index >= 15 is 0 Å². The Morgan fingerprint density at radius 3 is 2.74 bits per heavy atom. The zero-order valence-corrected chi connectivity index (χ0v) is 12.3. The third-order valence-corrected chi connectivity index (χ3v) is 3.04. The van der Waals surface area contributed by atoms with Gasteiger partial charge in [0.25, 0.3) is 0 Å². The summed E-state index contributed by atoms with van der Waals surface area (Å²) in [4.78, 5) is 0. The fraction of sp³-hybridized carbons (Fsp3) is 0.750. The third kappa shape index (κ3) is 13.3. The van der Waals surface area contributed by atoms with E-state index in [4.69, 9.17) is 14.9 Å². The molecule has 2 atom stereocenters. The summed E-state index contributed by atoms with van der Waals surface area (Å²) in [5.74, 6) is 6.80.